The zero-order valence-electron chi connectivity index (χ0n) is 14.9. The molecule has 0 unspecified atom stereocenters. The lowest BCUT2D eigenvalue weighted by Gasteiger charge is -2.26. The summed E-state index contributed by atoms with van der Waals surface area (Å²) < 4.78 is 5.22. The second-order valence-corrected chi connectivity index (χ2v) is 7.26. The van der Waals surface area contributed by atoms with Crippen molar-refractivity contribution in [2.75, 3.05) is 20.2 Å². The number of aromatic amines is 1. The van der Waals surface area contributed by atoms with E-state index in [1.165, 1.54) is 24.2 Å². The van der Waals surface area contributed by atoms with Gasteiger partial charge in [0.1, 0.15) is 5.75 Å². The fourth-order valence-electron chi connectivity index (χ4n) is 2.97. The minimum absolute atomic E-state index is 0.0477. The number of nitrogens with one attached hydrogen (secondary N) is 1. The van der Waals surface area contributed by atoms with Crippen molar-refractivity contribution in [1.29, 1.82) is 0 Å². The van der Waals surface area contributed by atoms with E-state index in [0.717, 1.165) is 37.2 Å². The van der Waals surface area contributed by atoms with Gasteiger partial charge in [0.2, 0.25) is 5.91 Å². The maximum absolute atomic E-state index is 12.4. The van der Waals surface area contributed by atoms with Crippen molar-refractivity contribution in [2.24, 2.45) is 0 Å². The van der Waals surface area contributed by atoms with Crippen molar-refractivity contribution >= 4 is 17.7 Å². The van der Waals surface area contributed by atoms with Gasteiger partial charge in [0.25, 0.3) is 5.56 Å². The number of carbonyl (C=O) groups excluding carboxylic acids is 1. The zero-order valence-corrected chi connectivity index (χ0v) is 15.7. The molecule has 2 heterocycles. The minimum Gasteiger partial charge on any atom is -0.497 e. The van der Waals surface area contributed by atoms with Gasteiger partial charge in [-0.25, -0.2) is 4.98 Å². The van der Waals surface area contributed by atoms with Crippen molar-refractivity contribution in [3.05, 3.63) is 51.9 Å². The van der Waals surface area contributed by atoms with Crippen LogP contribution in [-0.2, 0) is 17.0 Å². The fourth-order valence-corrected chi connectivity index (χ4v) is 3.80. The summed E-state index contributed by atoms with van der Waals surface area (Å²) >= 11 is 1.44. The number of rotatable bonds is 6. The molecule has 138 valence electrons. The Labute approximate surface area is 157 Å². The molecule has 0 aliphatic carbocycles. The molecule has 26 heavy (non-hydrogen) atoms. The molecule has 0 atom stereocenters. The molecule has 1 aromatic carbocycles. The van der Waals surface area contributed by atoms with Crippen LogP contribution in [0.5, 0.6) is 5.75 Å². The van der Waals surface area contributed by atoms with Gasteiger partial charge in [-0.15, -0.1) is 0 Å². The maximum atomic E-state index is 12.4. The highest BCUT2D eigenvalue weighted by atomic mass is 32.2. The van der Waals surface area contributed by atoms with Crippen LogP contribution in [0.2, 0.25) is 0 Å². The lowest BCUT2D eigenvalue weighted by Crippen LogP contribution is -2.37. The highest BCUT2D eigenvalue weighted by molar-refractivity contribution is 7.98. The number of likely N-dealkylation sites (tertiary alicyclic amines) is 1. The number of ether oxygens (including phenoxy) is 1. The number of carbonyl (C=O) groups is 1. The summed E-state index contributed by atoms with van der Waals surface area (Å²) in [5.41, 5.74) is 1.37. The fraction of sp³-hybridized carbons (Fsp3) is 0.421. The predicted molar refractivity (Wildman–Crippen MR) is 102 cm³/mol. The van der Waals surface area contributed by atoms with Gasteiger partial charge in [-0.2, -0.15) is 0 Å². The molecule has 7 heteroatoms. The molecule has 1 amide bonds. The average Bonchev–Trinajstić information content (AvgIpc) is 2.67. The number of nitrogens with zero attached hydrogens (tertiary/aromatic N) is 2. The zero-order chi connectivity index (χ0) is 18.4. The Balaban J connectivity index is 1.65. The Morgan fingerprint density at radius 2 is 2.08 bits per heavy atom. The molecule has 1 aliphatic rings. The van der Waals surface area contributed by atoms with Crippen LogP contribution in [0.1, 0.15) is 30.5 Å². The first-order valence-electron chi connectivity index (χ1n) is 8.78. The molecule has 2 aromatic rings. The summed E-state index contributed by atoms with van der Waals surface area (Å²) in [7, 11) is 1.63. The third-order valence-corrected chi connectivity index (χ3v) is 5.27. The summed E-state index contributed by atoms with van der Waals surface area (Å²) in [6, 6.07) is 9.18. The highest BCUT2D eigenvalue weighted by Crippen LogP contribution is 2.21. The molecular formula is C19H23N3O3S. The number of thioether (sulfide) groups is 1. The molecule has 6 nitrogen and oxygen atoms in total. The van der Waals surface area contributed by atoms with Crippen LogP contribution < -0.4 is 10.3 Å². The van der Waals surface area contributed by atoms with E-state index in [1.54, 1.807) is 7.11 Å². The van der Waals surface area contributed by atoms with E-state index in [-0.39, 0.29) is 17.9 Å². The van der Waals surface area contributed by atoms with E-state index in [9.17, 15) is 9.59 Å². The van der Waals surface area contributed by atoms with Crippen LogP contribution in [0.3, 0.4) is 0 Å². The monoisotopic (exact) mass is 373 g/mol. The molecule has 0 saturated carbocycles. The molecule has 0 spiro atoms. The highest BCUT2D eigenvalue weighted by Gasteiger charge is 2.17. The molecule has 0 bridgehead atoms. The van der Waals surface area contributed by atoms with Crippen molar-refractivity contribution in [3.63, 3.8) is 0 Å². The number of H-pyrrole nitrogens is 1. The molecule has 1 aromatic heterocycles. The SMILES string of the molecule is COc1cccc(CSc2nc(CC(=O)N3CCCCC3)cc(=O)[nH]2)c1. The molecule has 1 aliphatic heterocycles. The van der Waals surface area contributed by atoms with Gasteiger partial charge in [-0.05, 0) is 37.0 Å². The third-order valence-electron chi connectivity index (χ3n) is 4.32. The summed E-state index contributed by atoms with van der Waals surface area (Å²) in [6.07, 6.45) is 3.46. The van der Waals surface area contributed by atoms with Crippen LogP contribution in [0.25, 0.3) is 0 Å². The predicted octanol–water partition coefficient (Wildman–Crippen LogP) is 2.63. The first kappa shape index (κ1) is 18.5. The number of hydrogen-bond donors (Lipinski definition) is 1. The van der Waals surface area contributed by atoms with Gasteiger partial charge < -0.3 is 14.6 Å². The van der Waals surface area contributed by atoms with Gasteiger partial charge in [-0.1, -0.05) is 23.9 Å². The molecule has 1 fully saturated rings. The van der Waals surface area contributed by atoms with Crippen LogP contribution in [0, 0.1) is 0 Å². The molecule has 3 rings (SSSR count). The lowest BCUT2D eigenvalue weighted by molar-refractivity contribution is -0.131. The number of methoxy groups -OCH3 is 1. The number of aromatic nitrogens is 2. The third kappa shape index (κ3) is 5.11. The number of amides is 1. The smallest absolute Gasteiger partial charge is 0.251 e. The van der Waals surface area contributed by atoms with E-state index >= 15 is 0 Å². The van der Waals surface area contributed by atoms with Crippen molar-refractivity contribution < 1.29 is 9.53 Å². The Morgan fingerprint density at radius 1 is 1.27 bits per heavy atom. The molecule has 1 saturated heterocycles. The van der Waals surface area contributed by atoms with Gasteiger partial charge >= 0.3 is 0 Å². The number of hydrogen-bond acceptors (Lipinski definition) is 5. The van der Waals surface area contributed by atoms with Gasteiger partial charge in [-0.3, -0.25) is 9.59 Å². The minimum atomic E-state index is -0.227. The standard InChI is InChI=1S/C19H23N3O3S/c1-25-16-7-5-6-14(10-16)13-26-19-20-15(11-17(23)21-19)12-18(24)22-8-3-2-4-9-22/h5-7,10-11H,2-4,8-9,12-13H2,1H3,(H,20,21,23). The normalized spacial score (nSPS) is 14.3. The van der Waals surface area contributed by atoms with Crippen LogP contribution in [-0.4, -0.2) is 41.0 Å². The first-order valence-corrected chi connectivity index (χ1v) is 9.76. The first-order chi connectivity index (χ1) is 12.6. The molecule has 0 radical (unpaired) electrons. The Kier molecular flexibility index (Phi) is 6.33. The summed E-state index contributed by atoms with van der Waals surface area (Å²) in [5, 5.41) is 0.529. The van der Waals surface area contributed by atoms with E-state index < -0.39 is 0 Å². The Morgan fingerprint density at radius 3 is 2.85 bits per heavy atom. The Hall–Kier alpha value is -2.28. The van der Waals surface area contributed by atoms with Gasteiger partial charge in [0.05, 0.1) is 19.2 Å². The summed E-state index contributed by atoms with van der Waals surface area (Å²) in [4.78, 5) is 33.4. The van der Waals surface area contributed by atoms with Gasteiger partial charge in [0.15, 0.2) is 5.16 Å². The van der Waals surface area contributed by atoms with E-state index in [0.29, 0.717) is 16.6 Å². The second-order valence-electron chi connectivity index (χ2n) is 6.30. The van der Waals surface area contributed by atoms with E-state index in [4.69, 9.17) is 4.74 Å². The van der Waals surface area contributed by atoms with Crippen LogP contribution >= 0.6 is 11.8 Å². The summed E-state index contributed by atoms with van der Waals surface area (Å²) in [5.74, 6) is 1.50. The average molecular weight is 373 g/mol. The lowest BCUT2D eigenvalue weighted by atomic mass is 10.1. The van der Waals surface area contributed by atoms with E-state index in [2.05, 4.69) is 9.97 Å². The van der Waals surface area contributed by atoms with Crippen LogP contribution in [0.4, 0.5) is 0 Å². The topological polar surface area (TPSA) is 75.3 Å². The van der Waals surface area contributed by atoms with E-state index in [1.807, 2.05) is 29.2 Å². The summed E-state index contributed by atoms with van der Waals surface area (Å²) in [6.45, 7) is 1.61. The number of piperidine rings is 1. The van der Waals surface area contributed by atoms with Crippen molar-refractivity contribution in [1.82, 2.24) is 14.9 Å². The van der Waals surface area contributed by atoms with Crippen molar-refractivity contribution in [2.45, 2.75) is 36.6 Å². The molecular weight excluding hydrogens is 350 g/mol. The van der Waals surface area contributed by atoms with Crippen LogP contribution in [0.15, 0.2) is 40.3 Å². The quantitative estimate of drug-likeness (QED) is 0.622. The Bertz CT molecular complexity index is 816. The molecule has 1 N–H and O–H groups in total. The second kappa shape index (κ2) is 8.89. The van der Waals surface area contributed by atoms with Crippen molar-refractivity contribution in [3.8, 4) is 5.75 Å². The number of benzene rings is 1. The van der Waals surface area contributed by atoms with Gasteiger partial charge in [0, 0.05) is 24.9 Å². The largest absolute Gasteiger partial charge is 0.497 e. The maximum Gasteiger partial charge on any atom is 0.251 e.